The Morgan fingerprint density at radius 3 is 1.24 bits per heavy atom. The van der Waals surface area contributed by atoms with Crippen molar-refractivity contribution in [3.05, 3.63) is 130 Å². The van der Waals surface area contributed by atoms with Crippen molar-refractivity contribution in [3.8, 4) is 12.1 Å². The Morgan fingerprint density at radius 2 is 0.932 bits per heavy atom. The molecule has 0 bridgehead atoms. The summed E-state index contributed by atoms with van der Waals surface area (Å²) in [6.07, 6.45) is -10.2. The van der Waals surface area contributed by atoms with E-state index in [9.17, 15) is 64.5 Å². The number of halogens is 6. The van der Waals surface area contributed by atoms with Crippen LogP contribution in [0.4, 0.5) is 47.3 Å². The second-order valence-electron chi connectivity index (χ2n) is 13.0. The molecule has 6 rings (SSSR count). The third kappa shape index (κ3) is 6.98. The highest BCUT2D eigenvalue weighted by Crippen LogP contribution is 2.44. The highest BCUT2D eigenvalue weighted by atomic mass is 32.3. The first-order valence-electron chi connectivity index (χ1n) is 16.8. The average molecular weight is 841 g/mol. The van der Waals surface area contributed by atoms with Gasteiger partial charge in [-0.2, -0.15) is 45.3 Å². The molecule has 2 atom stereocenters. The summed E-state index contributed by atoms with van der Waals surface area (Å²) in [6, 6.07) is 18.5. The lowest BCUT2D eigenvalue weighted by Crippen LogP contribution is -2.51. The van der Waals surface area contributed by atoms with E-state index in [2.05, 4.69) is 0 Å². The van der Waals surface area contributed by atoms with Gasteiger partial charge in [-0.1, -0.05) is 60.7 Å². The molecule has 4 aromatic rings. The van der Waals surface area contributed by atoms with Gasteiger partial charge in [-0.25, -0.2) is 27.8 Å². The average Bonchev–Trinajstić information content (AvgIpc) is 3.52. The summed E-state index contributed by atoms with van der Waals surface area (Å²) < 4.78 is 121. The molecule has 2 aliphatic heterocycles. The molecule has 14 nitrogen and oxygen atoms in total. The largest absolute Gasteiger partial charge is 0.417 e. The van der Waals surface area contributed by atoms with Gasteiger partial charge in [0.2, 0.25) is 0 Å². The Labute approximate surface area is 330 Å². The normalized spacial score (nSPS) is 20.0. The maximum Gasteiger partial charge on any atom is 0.417 e. The number of nitrogens with zero attached hydrogens (tertiary/aromatic N) is 6. The molecule has 2 heterocycles. The summed E-state index contributed by atoms with van der Waals surface area (Å²) in [6.45, 7) is -2.50. The molecule has 2 fully saturated rings. The molecule has 0 N–H and O–H groups in total. The third-order valence-electron chi connectivity index (χ3n) is 9.92. The number of amides is 6. The van der Waals surface area contributed by atoms with Crippen molar-refractivity contribution in [1.29, 1.82) is 10.5 Å². The molecular formula is C38H26F6N6O8S. The van der Waals surface area contributed by atoms with Crippen LogP contribution in [0.2, 0.25) is 0 Å². The molecule has 304 valence electrons. The Kier molecular flexibility index (Phi) is 10.5. The molecule has 0 aliphatic carbocycles. The topological polar surface area (TPSA) is 181 Å². The minimum Gasteiger partial charge on any atom is -0.306 e. The van der Waals surface area contributed by atoms with Gasteiger partial charge < -0.3 is 9.80 Å². The smallest absolute Gasteiger partial charge is 0.306 e. The van der Waals surface area contributed by atoms with E-state index in [4.69, 9.17) is 8.37 Å². The maximum absolute atomic E-state index is 14.3. The van der Waals surface area contributed by atoms with Gasteiger partial charge in [-0.3, -0.25) is 9.59 Å². The van der Waals surface area contributed by atoms with E-state index in [0.29, 0.717) is 21.9 Å². The van der Waals surface area contributed by atoms with E-state index in [-0.39, 0.29) is 11.1 Å². The molecule has 59 heavy (non-hydrogen) atoms. The van der Waals surface area contributed by atoms with Gasteiger partial charge in [0, 0.05) is 14.1 Å². The van der Waals surface area contributed by atoms with Crippen LogP contribution in [0.15, 0.2) is 97.1 Å². The molecule has 6 amide bonds. The lowest BCUT2D eigenvalue weighted by atomic mass is 9.89. The fourth-order valence-electron chi connectivity index (χ4n) is 6.81. The first-order valence-corrected chi connectivity index (χ1v) is 18.1. The van der Waals surface area contributed by atoms with E-state index in [1.807, 2.05) is 0 Å². The molecular weight excluding hydrogens is 815 g/mol. The number of rotatable bonds is 10. The number of alkyl halides is 6. The van der Waals surface area contributed by atoms with Gasteiger partial charge in [0.05, 0.1) is 45.8 Å². The SMILES string of the molecule is CN1C(=O)N(c2ccc(C#N)c(C(F)(F)F)c2)C(=O)C1(COS(=O)(=O)OCC1(c2ccccc2)C(=O)N(c2ccc(C#N)c(C(F)(F)F)c2)C(=O)N1C)c1ccccc1. The fourth-order valence-corrected chi connectivity index (χ4v) is 7.51. The third-order valence-corrected chi connectivity index (χ3v) is 10.7. The molecule has 2 aliphatic rings. The van der Waals surface area contributed by atoms with Crippen molar-refractivity contribution < 1.29 is 62.3 Å². The standard InChI is InChI=1S/C38H26F6N6O8S/c1-47-33(53)49(27-15-13-23(19-45)29(17-27)37(39,40)41)31(51)35(47,25-9-5-3-6-10-25)21-57-59(55,56)58-22-36(26-11-7-4-8-12-26)32(52)50(34(54)48(36)2)28-16-14-24(20-46)30(18-28)38(42,43)44/h3-18H,21-22H2,1-2H3. The number of urea groups is 2. The van der Waals surface area contributed by atoms with Crippen molar-refractivity contribution in [2.45, 2.75) is 23.4 Å². The van der Waals surface area contributed by atoms with Crippen LogP contribution in [0.5, 0.6) is 0 Å². The lowest BCUT2D eigenvalue weighted by molar-refractivity contribution is -0.138. The van der Waals surface area contributed by atoms with Gasteiger partial charge in [0.15, 0.2) is 11.1 Å². The van der Waals surface area contributed by atoms with Crippen LogP contribution in [0.1, 0.15) is 33.4 Å². The van der Waals surface area contributed by atoms with Crippen LogP contribution >= 0.6 is 0 Å². The van der Waals surface area contributed by atoms with Crippen LogP contribution in [0, 0.1) is 22.7 Å². The number of likely N-dealkylation sites (N-methyl/N-ethyl adjacent to an activating group) is 2. The molecule has 21 heteroatoms. The Morgan fingerprint density at radius 1 is 0.593 bits per heavy atom. The molecule has 0 radical (unpaired) electrons. The quantitative estimate of drug-likeness (QED) is 0.135. The number of carbonyl (C=O) groups is 4. The van der Waals surface area contributed by atoms with Crippen LogP contribution in [-0.4, -0.2) is 69.4 Å². The summed E-state index contributed by atoms with van der Waals surface area (Å²) in [5.41, 5.74) is -10.6. The zero-order valence-electron chi connectivity index (χ0n) is 30.3. The molecule has 0 aromatic heterocycles. The first kappa shape index (κ1) is 41.8. The second kappa shape index (κ2) is 14.8. The van der Waals surface area contributed by atoms with Crippen molar-refractivity contribution >= 4 is 45.7 Å². The van der Waals surface area contributed by atoms with Crippen molar-refractivity contribution in [2.75, 3.05) is 37.1 Å². The minimum atomic E-state index is -5.40. The predicted molar refractivity (Wildman–Crippen MR) is 191 cm³/mol. The van der Waals surface area contributed by atoms with Crippen molar-refractivity contribution in [2.24, 2.45) is 0 Å². The number of anilines is 2. The summed E-state index contributed by atoms with van der Waals surface area (Å²) in [5, 5.41) is 18.5. The number of benzene rings is 4. The van der Waals surface area contributed by atoms with Gasteiger partial charge >= 0.3 is 34.8 Å². The number of carbonyl (C=O) groups excluding carboxylic acids is 4. The number of hydrogen-bond donors (Lipinski definition) is 0. The van der Waals surface area contributed by atoms with E-state index in [1.165, 1.54) is 72.8 Å². The maximum atomic E-state index is 14.3. The van der Waals surface area contributed by atoms with Crippen molar-refractivity contribution in [3.63, 3.8) is 0 Å². The fraction of sp³-hybridized carbons (Fsp3) is 0.211. The van der Waals surface area contributed by atoms with Gasteiger partial charge in [-0.15, -0.1) is 0 Å². The molecule has 2 saturated heterocycles. The summed E-state index contributed by atoms with van der Waals surface area (Å²) in [5.74, 6) is -2.53. The lowest BCUT2D eigenvalue weighted by Gasteiger charge is -2.33. The van der Waals surface area contributed by atoms with E-state index < -0.39 is 105 Å². The van der Waals surface area contributed by atoms with Gasteiger partial charge in [-0.05, 0) is 47.5 Å². The first-order chi connectivity index (χ1) is 27.7. The van der Waals surface area contributed by atoms with Crippen LogP contribution in [-0.2, 0) is 51.8 Å². The molecule has 0 saturated carbocycles. The van der Waals surface area contributed by atoms with Crippen molar-refractivity contribution in [1.82, 2.24) is 9.80 Å². The van der Waals surface area contributed by atoms with E-state index >= 15 is 0 Å². The summed E-state index contributed by atoms with van der Waals surface area (Å²) in [4.78, 5) is 58.2. The summed E-state index contributed by atoms with van der Waals surface area (Å²) >= 11 is 0. The Bertz CT molecular complexity index is 2410. The van der Waals surface area contributed by atoms with Crippen LogP contribution in [0.25, 0.3) is 0 Å². The molecule has 4 aromatic carbocycles. The molecule has 2 unspecified atom stereocenters. The van der Waals surface area contributed by atoms with E-state index in [0.717, 1.165) is 48.2 Å². The number of imide groups is 2. The Balaban J connectivity index is 1.35. The highest BCUT2D eigenvalue weighted by molar-refractivity contribution is 7.81. The van der Waals surface area contributed by atoms with Gasteiger partial charge in [0.25, 0.3) is 11.8 Å². The minimum absolute atomic E-state index is 0.0587. The van der Waals surface area contributed by atoms with Crippen LogP contribution < -0.4 is 9.80 Å². The summed E-state index contributed by atoms with van der Waals surface area (Å²) in [7, 11) is -3.28. The predicted octanol–water partition coefficient (Wildman–Crippen LogP) is 6.03. The zero-order valence-corrected chi connectivity index (χ0v) is 31.1. The monoisotopic (exact) mass is 840 g/mol. The Hall–Kier alpha value is -6.81. The molecule has 0 spiro atoms. The van der Waals surface area contributed by atoms with E-state index in [1.54, 1.807) is 0 Å². The van der Waals surface area contributed by atoms with Crippen LogP contribution in [0.3, 0.4) is 0 Å². The zero-order chi connectivity index (χ0) is 43.3. The van der Waals surface area contributed by atoms with Gasteiger partial charge in [0.1, 0.15) is 13.2 Å². The second-order valence-corrected chi connectivity index (χ2v) is 14.3. The number of nitriles is 2. The number of hydrogen-bond acceptors (Lipinski definition) is 10. The highest BCUT2D eigenvalue weighted by Gasteiger charge is 2.61.